The third-order valence-corrected chi connectivity index (χ3v) is 5.52. The van der Waals surface area contributed by atoms with Crippen LogP contribution in [0.2, 0.25) is 0 Å². The second kappa shape index (κ2) is 9.23. The van der Waals surface area contributed by atoms with E-state index in [0.29, 0.717) is 28.3 Å². The number of hydrogen-bond acceptors (Lipinski definition) is 5. The third-order valence-electron chi connectivity index (χ3n) is 4.30. The molecule has 0 atom stereocenters. The van der Waals surface area contributed by atoms with Crippen LogP contribution < -0.4 is 14.9 Å². The van der Waals surface area contributed by atoms with Gasteiger partial charge in [-0.05, 0) is 61.0 Å². The minimum Gasteiger partial charge on any atom is -0.497 e. The summed E-state index contributed by atoms with van der Waals surface area (Å²) in [5.41, 5.74) is 2.32. The van der Waals surface area contributed by atoms with Gasteiger partial charge in [0.15, 0.2) is 0 Å². The van der Waals surface area contributed by atoms with Gasteiger partial charge >= 0.3 is 0 Å². The number of rotatable bonds is 7. The second-order valence-electron chi connectivity index (χ2n) is 6.36. The second-order valence-corrected chi connectivity index (χ2v) is 8.03. The fourth-order valence-corrected chi connectivity index (χ4v) is 3.46. The molecule has 0 heterocycles. The number of hydrazone groups is 1. The SMILES string of the molecule is COc1ccc(C(=O)Nc2ccc(C(C)=NNS(=O)(=O)c3ccccc3)cc2)cc1. The molecular formula is C22H21N3O4S. The van der Waals surface area contributed by atoms with Crippen molar-refractivity contribution in [2.45, 2.75) is 11.8 Å². The summed E-state index contributed by atoms with van der Waals surface area (Å²) in [6, 6.07) is 21.7. The number of anilines is 1. The van der Waals surface area contributed by atoms with Crippen LogP contribution in [-0.2, 0) is 10.0 Å². The number of amides is 1. The fraction of sp³-hybridized carbons (Fsp3) is 0.0909. The van der Waals surface area contributed by atoms with Crippen LogP contribution in [0.15, 0.2) is 88.9 Å². The molecule has 8 heteroatoms. The molecule has 0 radical (unpaired) electrons. The van der Waals surface area contributed by atoms with Crippen LogP contribution in [0.4, 0.5) is 5.69 Å². The highest BCUT2D eigenvalue weighted by Crippen LogP contribution is 2.15. The average Bonchev–Trinajstić information content (AvgIpc) is 2.78. The van der Waals surface area contributed by atoms with Crippen molar-refractivity contribution in [1.82, 2.24) is 4.83 Å². The molecule has 0 bridgehead atoms. The van der Waals surface area contributed by atoms with Crippen molar-refractivity contribution < 1.29 is 17.9 Å². The smallest absolute Gasteiger partial charge is 0.276 e. The van der Waals surface area contributed by atoms with Gasteiger partial charge in [-0.1, -0.05) is 30.3 Å². The zero-order valence-electron chi connectivity index (χ0n) is 16.5. The average molecular weight is 423 g/mol. The van der Waals surface area contributed by atoms with Crippen LogP contribution >= 0.6 is 0 Å². The Morgan fingerprint density at radius 2 is 1.47 bits per heavy atom. The Bertz CT molecular complexity index is 1140. The molecule has 0 fully saturated rings. The molecule has 0 aliphatic carbocycles. The number of ether oxygens (including phenoxy) is 1. The summed E-state index contributed by atoms with van der Waals surface area (Å²) in [6.07, 6.45) is 0. The molecule has 7 nitrogen and oxygen atoms in total. The van der Waals surface area contributed by atoms with Gasteiger partial charge in [0.25, 0.3) is 15.9 Å². The van der Waals surface area contributed by atoms with Crippen molar-refractivity contribution in [3.05, 3.63) is 90.0 Å². The van der Waals surface area contributed by atoms with E-state index in [4.69, 9.17) is 4.74 Å². The van der Waals surface area contributed by atoms with Gasteiger partial charge in [-0.2, -0.15) is 18.4 Å². The molecular weight excluding hydrogens is 402 g/mol. The molecule has 3 aromatic carbocycles. The highest BCUT2D eigenvalue weighted by atomic mass is 32.2. The van der Waals surface area contributed by atoms with Gasteiger partial charge in [0, 0.05) is 11.3 Å². The normalized spacial score (nSPS) is 11.6. The summed E-state index contributed by atoms with van der Waals surface area (Å²) in [6.45, 7) is 1.69. The number of carbonyl (C=O) groups is 1. The largest absolute Gasteiger partial charge is 0.497 e. The molecule has 30 heavy (non-hydrogen) atoms. The minimum absolute atomic E-state index is 0.137. The van der Waals surface area contributed by atoms with E-state index in [2.05, 4.69) is 15.2 Å². The van der Waals surface area contributed by atoms with Crippen LogP contribution in [0.25, 0.3) is 0 Å². The van der Waals surface area contributed by atoms with Gasteiger partial charge in [-0.3, -0.25) is 4.79 Å². The number of carbonyl (C=O) groups excluding carboxylic acids is 1. The van der Waals surface area contributed by atoms with Crippen molar-refractivity contribution in [3.63, 3.8) is 0 Å². The van der Waals surface area contributed by atoms with E-state index in [0.717, 1.165) is 0 Å². The van der Waals surface area contributed by atoms with Crippen molar-refractivity contribution in [1.29, 1.82) is 0 Å². The van der Waals surface area contributed by atoms with Crippen LogP contribution in [0, 0.1) is 0 Å². The molecule has 0 saturated carbocycles. The lowest BCUT2D eigenvalue weighted by molar-refractivity contribution is 0.102. The number of hydrogen-bond donors (Lipinski definition) is 2. The lowest BCUT2D eigenvalue weighted by Gasteiger charge is -2.08. The lowest BCUT2D eigenvalue weighted by Crippen LogP contribution is -2.19. The van der Waals surface area contributed by atoms with Crippen molar-refractivity contribution in [3.8, 4) is 5.75 Å². The number of nitrogens with one attached hydrogen (secondary N) is 2. The van der Waals surface area contributed by atoms with E-state index in [1.165, 1.54) is 12.1 Å². The molecule has 0 aliphatic heterocycles. The molecule has 3 aromatic rings. The Balaban J connectivity index is 1.65. The topological polar surface area (TPSA) is 96.9 Å². The predicted molar refractivity (Wildman–Crippen MR) is 116 cm³/mol. The Morgan fingerprint density at radius 1 is 0.867 bits per heavy atom. The first-order valence-electron chi connectivity index (χ1n) is 9.06. The van der Waals surface area contributed by atoms with Crippen molar-refractivity contribution in [2.75, 3.05) is 12.4 Å². The molecule has 0 unspecified atom stereocenters. The van der Waals surface area contributed by atoms with E-state index in [1.54, 1.807) is 80.8 Å². The van der Waals surface area contributed by atoms with E-state index in [9.17, 15) is 13.2 Å². The quantitative estimate of drug-likeness (QED) is 0.448. The summed E-state index contributed by atoms with van der Waals surface area (Å²) in [5, 5.41) is 6.78. The third kappa shape index (κ3) is 5.24. The zero-order chi connectivity index (χ0) is 21.6. The number of methoxy groups -OCH3 is 1. The number of sulfonamides is 1. The van der Waals surface area contributed by atoms with Gasteiger partial charge in [0.2, 0.25) is 0 Å². The van der Waals surface area contributed by atoms with Crippen LogP contribution in [-0.4, -0.2) is 27.1 Å². The van der Waals surface area contributed by atoms with Crippen LogP contribution in [0.5, 0.6) is 5.75 Å². The van der Waals surface area contributed by atoms with E-state index >= 15 is 0 Å². The maximum Gasteiger partial charge on any atom is 0.276 e. The Hall–Kier alpha value is -3.65. The molecule has 3 rings (SSSR count). The summed E-state index contributed by atoms with van der Waals surface area (Å²) >= 11 is 0. The zero-order valence-corrected chi connectivity index (χ0v) is 17.3. The molecule has 0 saturated heterocycles. The molecule has 154 valence electrons. The van der Waals surface area contributed by atoms with Crippen LogP contribution in [0.1, 0.15) is 22.8 Å². The van der Waals surface area contributed by atoms with Gasteiger partial charge in [0.1, 0.15) is 5.75 Å². The highest BCUT2D eigenvalue weighted by molar-refractivity contribution is 7.89. The van der Waals surface area contributed by atoms with E-state index < -0.39 is 10.0 Å². The summed E-state index contributed by atoms with van der Waals surface area (Å²) in [4.78, 5) is 14.7. The summed E-state index contributed by atoms with van der Waals surface area (Å²) < 4.78 is 29.6. The Kier molecular flexibility index (Phi) is 6.48. The van der Waals surface area contributed by atoms with Gasteiger partial charge in [-0.25, -0.2) is 0 Å². The maximum absolute atomic E-state index is 12.3. The number of nitrogens with zero attached hydrogens (tertiary/aromatic N) is 1. The Labute approximate surface area is 175 Å². The summed E-state index contributed by atoms with van der Waals surface area (Å²) in [5.74, 6) is 0.431. The predicted octanol–water partition coefficient (Wildman–Crippen LogP) is 3.65. The standard InChI is InChI=1S/C22H21N3O4S/c1-16(24-25-30(27,28)21-6-4-3-5-7-21)17-8-12-19(13-9-17)23-22(26)18-10-14-20(29-2)15-11-18/h3-15,25H,1-2H3,(H,23,26). The minimum atomic E-state index is -3.73. The first-order valence-corrected chi connectivity index (χ1v) is 10.5. The Morgan fingerprint density at radius 3 is 2.07 bits per heavy atom. The van der Waals surface area contributed by atoms with Gasteiger partial charge in [0.05, 0.1) is 17.7 Å². The molecule has 0 spiro atoms. The van der Waals surface area contributed by atoms with Crippen molar-refractivity contribution >= 4 is 27.3 Å². The van der Waals surface area contributed by atoms with Gasteiger partial charge < -0.3 is 10.1 Å². The summed E-state index contributed by atoms with van der Waals surface area (Å²) in [7, 11) is -2.16. The molecule has 2 N–H and O–H groups in total. The number of benzene rings is 3. The van der Waals surface area contributed by atoms with Crippen molar-refractivity contribution in [2.24, 2.45) is 5.10 Å². The molecule has 0 aromatic heterocycles. The first-order chi connectivity index (χ1) is 14.4. The van der Waals surface area contributed by atoms with Crippen LogP contribution in [0.3, 0.4) is 0 Å². The molecule has 0 aliphatic rings. The monoisotopic (exact) mass is 423 g/mol. The van der Waals surface area contributed by atoms with E-state index in [-0.39, 0.29) is 10.8 Å². The molecule has 1 amide bonds. The van der Waals surface area contributed by atoms with Gasteiger partial charge in [-0.15, -0.1) is 0 Å². The fourth-order valence-electron chi connectivity index (χ4n) is 2.59. The highest BCUT2D eigenvalue weighted by Gasteiger charge is 2.12. The van der Waals surface area contributed by atoms with E-state index in [1.807, 2.05) is 0 Å². The maximum atomic E-state index is 12.3. The lowest BCUT2D eigenvalue weighted by atomic mass is 10.1. The first kappa shape index (κ1) is 21.1.